The highest BCUT2D eigenvalue weighted by Gasteiger charge is 2.22. The number of piperazine rings is 1. The van der Waals surface area contributed by atoms with Gasteiger partial charge in [0.25, 0.3) is 5.91 Å². The molecule has 8 heteroatoms. The van der Waals surface area contributed by atoms with Crippen molar-refractivity contribution in [2.24, 2.45) is 0 Å². The molecule has 0 atom stereocenters. The molecular weight excluding hydrogens is 340 g/mol. The number of nitrogens with zero attached hydrogens (tertiary/aromatic N) is 2. The first-order chi connectivity index (χ1) is 12.1. The van der Waals surface area contributed by atoms with Gasteiger partial charge >= 0.3 is 0 Å². The van der Waals surface area contributed by atoms with Gasteiger partial charge in [-0.1, -0.05) is 13.0 Å². The van der Waals surface area contributed by atoms with Crippen LogP contribution in [0.15, 0.2) is 17.5 Å². The molecule has 138 valence electrons. The van der Waals surface area contributed by atoms with Crippen LogP contribution < -0.4 is 10.6 Å². The van der Waals surface area contributed by atoms with Gasteiger partial charge in [0.05, 0.1) is 11.4 Å². The number of carbonyl (C=O) groups excluding carboxylic acids is 3. The second-order valence-electron chi connectivity index (χ2n) is 5.99. The maximum absolute atomic E-state index is 12.2. The average molecular weight is 366 g/mol. The van der Waals surface area contributed by atoms with E-state index in [-0.39, 0.29) is 17.7 Å². The van der Waals surface area contributed by atoms with E-state index in [4.69, 9.17) is 0 Å². The molecule has 1 fully saturated rings. The Hall–Kier alpha value is -1.93. The molecule has 2 rings (SSSR count). The second kappa shape index (κ2) is 10.1. The van der Waals surface area contributed by atoms with Gasteiger partial charge in [0.15, 0.2) is 0 Å². The summed E-state index contributed by atoms with van der Waals surface area (Å²) in [5.74, 6) is -0.0507. The van der Waals surface area contributed by atoms with Crippen LogP contribution >= 0.6 is 11.3 Å². The van der Waals surface area contributed by atoms with Crippen LogP contribution in [0.2, 0.25) is 0 Å². The number of hydrogen-bond donors (Lipinski definition) is 2. The number of carbonyl (C=O) groups is 3. The van der Waals surface area contributed by atoms with Crippen molar-refractivity contribution in [3.05, 3.63) is 22.4 Å². The summed E-state index contributed by atoms with van der Waals surface area (Å²) in [4.78, 5) is 40.3. The van der Waals surface area contributed by atoms with Gasteiger partial charge in [-0.25, -0.2) is 0 Å². The molecular formula is C17H26N4O3S. The van der Waals surface area contributed by atoms with E-state index in [1.54, 1.807) is 11.0 Å². The van der Waals surface area contributed by atoms with Crippen LogP contribution in [0, 0.1) is 0 Å². The van der Waals surface area contributed by atoms with Crippen LogP contribution in [-0.2, 0) is 9.59 Å². The van der Waals surface area contributed by atoms with Crippen molar-refractivity contribution in [3.63, 3.8) is 0 Å². The molecule has 1 aromatic heterocycles. The predicted molar refractivity (Wildman–Crippen MR) is 97.6 cm³/mol. The van der Waals surface area contributed by atoms with E-state index >= 15 is 0 Å². The highest BCUT2D eigenvalue weighted by Crippen LogP contribution is 2.08. The lowest BCUT2D eigenvalue weighted by Crippen LogP contribution is -2.51. The van der Waals surface area contributed by atoms with E-state index in [2.05, 4.69) is 15.5 Å². The fraction of sp³-hybridized carbons (Fsp3) is 0.588. The number of nitrogens with one attached hydrogen (secondary N) is 2. The Morgan fingerprint density at radius 1 is 1.12 bits per heavy atom. The molecule has 0 saturated carbocycles. The zero-order valence-electron chi connectivity index (χ0n) is 14.6. The first-order valence-electron chi connectivity index (χ1n) is 8.68. The number of thiophene rings is 1. The Balaban J connectivity index is 1.62. The zero-order valence-corrected chi connectivity index (χ0v) is 15.4. The third kappa shape index (κ3) is 6.47. The second-order valence-corrected chi connectivity index (χ2v) is 6.94. The summed E-state index contributed by atoms with van der Waals surface area (Å²) >= 11 is 1.38. The Morgan fingerprint density at radius 2 is 1.88 bits per heavy atom. The first kappa shape index (κ1) is 19.4. The highest BCUT2D eigenvalue weighted by molar-refractivity contribution is 7.12. The van der Waals surface area contributed by atoms with Gasteiger partial charge in [0, 0.05) is 45.7 Å². The van der Waals surface area contributed by atoms with Crippen molar-refractivity contribution < 1.29 is 14.4 Å². The highest BCUT2D eigenvalue weighted by atomic mass is 32.1. The molecule has 1 saturated heterocycles. The van der Waals surface area contributed by atoms with Crippen LogP contribution in [-0.4, -0.2) is 73.3 Å². The molecule has 0 bridgehead atoms. The quantitative estimate of drug-likeness (QED) is 0.704. The molecule has 3 amide bonds. The summed E-state index contributed by atoms with van der Waals surface area (Å²) in [7, 11) is 0. The van der Waals surface area contributed by atoms with Crippen molar-refractivity contribution in [2.45, 2.75) is 19.8 Å². The van der Waals surface area contributed by atoms with Crippen LogP contribution in [0.3, 0.4) is 0 Å². The normalized spacial score (nSPS) is 15.0. The molecule has 25 heavy (non-hydrogen) atoms. The zero-order chi connectivity index (χ0) is 18.1. The molecule has 0 unspecified atom stereocenters. The Bertz CT molecular complexity index is 568. The van der Waals surface area contributed by atoms with Gasteiger partial charge in [0.1, 0.15) is 0 Å². The topological polar surface area (TPSA) is 81.8 Å². The van der Waals surface area contributed by atoms with E-state index < -0.39 is 0 Å². The number of hydrogen-bond acceptors (Lipinski definition) is 5. The van der Waals surface area contributed by atoms with Crippen LogP contribution in [0.4, 0.5) is 0 Å². The summed E-state index contributed by atoms with van der Waals surface area (Å²) in [5, 5.41) is 7.48. The summed E-state index contributed by atoms with van der Waals surface area (Å²) in [6, 6.07) is 3.59. The maximum Gasteiger partial charge on any atom is 0.261 e. The third-order valence-corrected chi connectivity index (χ3v) is 4.90. The van der Waals surface area contributed by atoms with Gasteiger partial charge < -0.3 is 15.5 Å². The smallest absolute Gasteiger partial charge is 0.261 e. The molecule has 0 spiro atoms. The van der Waals surface area contributed by atoms with E-state index in [0.29, 0.717) is 57.1 Å². The monoisotopic (exact) mass is 366 g/mol. The fourth-order valence-electron chi connectivity index (χ4n) is 2.61. The summed E-state index contributed by atoms with van der Waals surface area (Å²) < 4.78 is 0. The van der Waals surface area contributed by atoms with Gasteiger partial charge in [-0.3, -0.25) is 19.3 Å². The summed E-state index contributed by atoms with van der Waals surface area (Å²) in [6.45, 7) is 6.10. The lowest BCUT2D eigenvalue weighted by atomic mass is 10.2. The molecule has 7 nitrogen and oxygen atoms in total. The average Bonchev–Trinajstić information content (AvgIpc) is 3.15. The number of rotatable bonds is 8. The van der Waals surface area contributed by atoms with Gasteiger partial charge in [0.2, 0.25) is 11.8 Å². The lowest BCUT2D eigenvalue weighted by Gasteiger charge is -2.34. The Morgan fingerprint density at radius 3 is 2.52 bits per heavy atom. The van der Waals surface area contributed by atoms with Crippen molar-refractivity contribution in [1.82, 2.24) is 20.4 Å². The SMILES string of the molecule is CCCNC(=O)CN1CCN(C(=O)CCNC(=O)c2cccs2)CC1. The molecule has 0 aromatic carbocycles. The lowest BCUT2D eigenvalue weighted by molar-refractivity contribution is -0.133. The minimum atomic E-state index is -0.134. The summed E-state index contributed by atoms with van der Waals surface area (Å²) in [6.07, 6.45) is 1.23. The van der Waals surface area contributed by atoms with Crippen LogP contribution in [0.5, 0.6) is 0 Å². The minimum absolute atomic E-state index is 0.0397. The minimum Gasteiger partial charge on any atom is -0.355 e. The first-order valence-corrected chi connectivity index (χ1v) is 9.56. The third-order valence-electron chi connectivity index (χ3n) is 4.03. The summed E-state index contributed by atoms with van der Waals surface area (Å²) in [5.41, 5.74) is 0. The fourth-order valence-corrected chi connectivity index (χ4v) is 3.25. The van der Waals surface area contributed by atoms with Crippen molar-refractivity contribution in [3.8, 4) is 0 Å². The standard InChI is InChI=1S/C17H26N4O3S/c1-2-6-18-15(22)13-20-8-10-21(11-9-20)16(23)5-7-19-17(24)14-4-3-12-25-14/h3-4,12H,2,5-11,13H2,1H3,(H,18,22)(H,19,24). The molecule has 2 N–H and O–H groups in total. The predicted octanol–water partition coefficient (Wildman–Crippen LogP) is 0.538. The van der Waals surface area contributed by atoms with Crippen molar-refractivity contribution in [1.29, 1.82) is 0 Å². The van der Waals surface area contributed by atoms with Crippen molar-refractivity contribution in [2.75, 3.05) is 45.8 Å². The van der Waals surface area contributed by atoms with E-state index in [1.807, 2.05) is 18.4 Å². The Labute approximate surface area is 152 Å². The van der Waals surface area contributed by atoms with E-state index in [1.165, 1.54) is 11.3 Å². The maximum atomic E-state index is 12.2. The molecule has 1 aromatic rings. The molecule has 1 aliphatic rings. The largest absolute Gasteiger partial charge is 0.355 e. The Kier molecular flexibility index (Phi) is 7.87. The molecule has 0 radical (unpaired) electrons. The van der Waals surface area contributed by atoms with Crippen LogP contribution in [0.1, 0.15) is 29.4 Å². The van der Waals surface area contributed by atoms with Crippen molar-refractivity contribution >= 4 is 29.1 Å². The van der Waals surface area contributed by atoms with E-state index in [0.717, 1.165) is 6.42 Å². The van der Waals surface area contributed by atoms with Crippen LogP contribution in [0.25, 0.3) is 0 Å². The van der Waals surface area contributed by atoms with Gasteiger partial charge in [-0.05, 0) is 17.9 Å². The molecule has 1 aliphatic heterocycles. The molecule has 2 heterocycles. The van der Waals surface area contributed by atoms with Gasteiger partial charge in [-0.15, -0.1) is 11.3 Å². The van der Waals surface area contributed by atoms with E-state index in [9.17, 15) is 14.4 Å². The molecule has 0 aliphatic carbocycles. The van der Waals surface area contributed by atoms with Gasteiger partial charge in [-0.2, -0.15) is 0 Å². The number of amides is 3.